The Bertz CT molecular complexity index is 1010. The number of rotatable bonds is 4. The second-order valence-corrected chi connectivity index (χ2v) is 11.8. The summed E-state index contributed by atoms with van der Waals surface area (Å²) in [7, 11) is 0. The molecule has 2 aliphatic heterocycles. The lowest BCUT2D eigenvalue weighted by Crippen LogP contribution is -2.48. The van der Waals surface area contributed by atoms with Gasteiger partial charge in [-0.05, 0) is 50.7 Å². The monoisotopic (exact) mass is 516 g/mol. The Morgan fingerprint density at radius 3 is 2.62 bits per heavy atom. The maximum absolute atomic E-state index is 13.6. The lowest BCUT2D eigenvalue weighted by Gasteiger charge is -2.36. The fraction of sp³-hybridized carbons (Fsp3) is 0.690. The van der Waals surface area contributed by atoms with E-state index < -0.39 is 23.5 Å². The summed E-state index contributed by atoms with van der Waals surface area (Å²) in [6.07, 6.45) is 6.06. The average molecular weight is 517 g/mol. The van der Waals surface area contributed by atoms with Crippen LogP contribution in [0.4, 0.5) is 0 Å². The Morgan fingerprint density at radius 2 is 2.00 bits per heavy atom. The molecule has 3 N–H and O–H groups in total. The Morgan fingerprint density at radius 1 is 1.30 bits per heavy atom. The van der Waals surface area contributed by atoms with Gasteiger partial charge in [-0.1, -0.05) is 33.3 Å². The van der Waals surface area contributed by atoms with Crippen LogP contribution in [0.1, 0.15) is 84.7 Å². The van der Waals surface area contributed by atoms with Gasteiger partial charge in [0.15, 0.2) is 5.89 Å². The number of ketones is 1. The number of aliphatic hydroxyl groups is 2. The van der Waals surface area contributed by atoms with Crippen LogP contribution < -0.4 is 5.32 Å². The molecule has 0 spiro atoms. The number of aryl methyl sites for hydroxylation is 1. The number of allylic oxidation sites excluding steroid dienone is 1. The van der Waals surface area contributed by atoms with Crippen LogP contribution in [0.15, 0.2) is 28.9 Å². The standard InChI is InChI=1S/C29H44N2O6/c1-8-10-21-26(34)17(2)11-9-12-29(7)24(37-29)14-22(18(3)13-20-16-36-19(4)30-20)31-25(33)15-23(32)28(5,6)27(21)35/h8,13,16-17,21-24,26,32,34H,1,9-12,14-15H2,2-7H3,(H,31,33)/t17-,21+,22-,23-,24?,26+,29?/m0/s1. The molecular formula is C29H44N2O6. The van der Waals surface area contributed by atoms with Crippen LogP contribution in [0.25, 0.3) is 6.08 Å². The first-order valence-corrected chi connectivity index (χ1v) is 13.4. The number of epoxide rings is 1. The van der Waals surface area contributed by atoms with Gasteiger partial charge in [0.05, 0.1) is 41.8 Å². The number of nitrogens with zero attached hydrogens (tertiary/aromatic N) is 1. The number of aromatic nitrogens is 1. The zero-order valence-corrected chi connectivity index (χ0v) is 23.1. The fourth-order valence-electron chi connectivity index (χ4n) is 5.41. The number of hydrogen-bond donors (Lipinski definition) is 3. The zero-order chi connectivity index (χ0) is 27.5. The summed E-state index contributed by atoms with van der Waals surface area (Å²) in [6.45, 7) is 14.8. The summed E-state index contributed by atoms with van der Waals surface area (Å²) < 4.78 is 11.4. The van der Waals surface area contributed by atoms with Crippen molar-refractivity contribution in [2.24, 2.45) is 17.3 Å². The van der Waals surface area contributed by atoms with Gasteiger partial charge >= 0.3 is 0 Å². The average Bonchev–Trinajstić information content (AvgIpc) is 3.27. The summed E-state index contributed by atoms with van der Waals surface area (Å²) in [4.78, 5) is 31.0. The van der Waals surface area contributed by atoms with Crippen molar-refractivity contribution in [3.8, 4) is 0 Å². The number of carbonyl (C=O) groups excluding carboxylic acids is 2. The van der Waals surface area contributed by atoms with E-state index >= 15 is 0 Å². The highest BCUT2D eigenvalue weighted by Crippen LogP contribution is 2.44. The molecule has 0 radical (unpaired) electrons. The second kappa shape index (κ2) is 11.6. The molecule has 37 heavy (non-hydrogen) atoms. The number of aliphatic hydroxyl groups excluding tert-OH is 2. The van der Waals surface area contributed by atoms with Crippen molar-refractivity contribution in [3.05, 3.63) is 36.1 Å². The number of nitrogens with one attached hydrogen (secondary N) is 1. The molecule has 206 valence electrons. The molecule has 3 heterocycles. The fourth-order valence-corrected chi connectivity index (χ4v) is 5.41. The molecule has 2 fully saturated rings. The SMILES string of the molecule is C=CC[C@H]1C(=O)C(C)(C)[C@@H](O)CC(=O)N[C@H](C(C)=Cc2coc(C)n2)CC2OC2(C)CCC[C@H](C)[C@H]1O. The first-order valence-electron chi connectivity index (χ1n) is 13.4. The number of ether oxygens (including phenoxy) is 1. The summed E-state index contributed by atoms with van der Waals surface area (Å²) in [6, 6.07) is -0.329. The predicted molar refractivity (Wildman–Crippen MR) is 141 cm³/mol. The maximum Gasteiger partial charge on any atom is 0.223 e. The number of Topliss-reactive ketones (excluding diaryl/α,β-unsaturated/α-hetero) is 1. The van der Waals surface area contributed by atoms with Crippen molar-refractivity contribution < 1.29 is 29.0 Å². The Hall–Kier alpha value is -2.29. The van der Waals surface area contributed by atoms with Crippen LogP contribution in [-0.4, -0.2) is 56.8 Å². The van der Waals surface area contributed by atoms with E-state index in [1.54, 1.807) is 33.1 Å². The van der Waals surface area contributed by atoms with E-state index in [2.05, 4.69) is 23.8 Å². The van der Waals surface area contributed by atoms with E-state index in [0.29, 0.717) is 24.4 Å². The lowest BCUT2D eigenvalue weighted by atomic mass is 9.71. The highest BCUT2D eigenvalue weighted by atomic mass is 16.6. The van der Waals surface area contributed by atoms with Gasteiger partial charge in [-0.15, -0.1) is 6.58 Å². The van der Waals surface area contributed by atoms with Gasteiger partial charge < -0.3 is 24.7 Å². The Labute approximate surface area is 220 Å². The van der Waals surface area contributed by atoms with Gasteiger partial charge in [0.2, 0.25) is 5.91 Å². The lowest BCUT2D eigenvalue weighted by molar-refractivity contribution is -0.143. The van der Waals surface area contributed by atoms with Crippen molar-refractivity contribution in [2.75, 3.05) is 0 Å². The first kappa shape index (κ1) is 29.3. The maximum atomic E-state index is 13.6. The van der Waals surface area contributed by atoms with Crippen molar-refractivity contribution in [1.82, 2.24) is 10.3 Å². The Balaban J connectivity index is 1.88. The second-order valence-electron chi connectivity index (χ2n) is 11.8. The minimum atomic E-state index is -1.22. The molecular weight excluding hydrogens is 472 g/mol. The first-order chi connectivity index (χ1) is 17.3. The molecule has 2 unspecified atom stereocenters. The van der Waals surface area contributed by atoms with Crippen molar-refractivity contribution >= 4 is 17.8 Å². The molecule has 0 saturated carbocycles. The molecule has 3 rings (SSSR count). The van der Waals surface area contributed by atoms with Crippen molar-refractivity contribution in [1.29, 1.82) is 0 Å². The third-order valence-corrected chi connectivity index (χ3v) is 8.31. The van der Waals surface area contributed by atoms with Crippen LogP contribution in [0.2, 0.25) is 0 Å². The molecule has 0 bridgehead atoms. The molecule has 1 aromatic rings. The number of oxazole rings is 1. The quantitative estimate of drug-likeness (QED) is 0.406. The molecule has 7 atom stereocenters. The minimum Gasteiger partial charge on any atom is -0.449 e. The van der Waals surface area contributed by atoms with Gasteiger partial charge in [-0.2, -0.15) is 0 Å². The molecule has 8 heteroatoms. The van der Waals surface area contributed by atoms with Crippen molar-refractivity contribution in [3.63, 3.8) is 0 Å². The summed E-state index contributed by atoms with van der Waals surface area (Å²) in [5.74, 6) is -0.861. The van der Waals surface area contributed by atoms with E-state index in [4.69, 9.17) is 9.15 Å². The molecule has 0 aromatic carbocycles. The van der Waals surface area contributed by atoms with E-state index in [0.717, 1.165) is 24.8 Å². The highest BCUT2D eigenvalue weighted by Gasteiger charge is 2.52. The number of amides is 1. The molecule has 2 saturated heterocycles. The van der Waals surface area contributed by atoms with Crippen LogP contribution >= 0.6 is 0 Å². The van der Waals surface area contributed by atoms with Gasteiger partial charge in [0.1, 0.15) is 17.7 Å². The van der Waals surface area contributed by atoms with E-state index in [9.17, 15) is 19.8 Å². The van der Waals surface area contributed by atoms with E-state index in [1.165, 1.54) is 0 Å². The minimum absolute atomic E-state index is 0.0233. The topological polar surface area (TPSA) is 125 Å². The molecule has 2 aliphatic rings. The smallest absolute Gasteiger partial charge is 0.223 e. The van der Waals surface area contributed by atoms with Crippen LogP contribution in [0, 0.1) is 24.2 Å². The zero-order valence-electron chi connectivity index (χ0n) is 23.1. The largest absolute Gasteiger partial charge is 0.449 e. The van der Waals surface area contributed by atoms with Crippen molar-refractivity contribution in [2.45, 2.75) is 110 Å². The summed E-state index contributed by atoms with van der Waals surface area (Å²) in [5.41, 5.74) is 0.0454. The van der Waals surface area contributed by atoms with Gasteiger partial charge in [0, 0.05) is 19.3 Å². The van der Waals surface area contributed by atoms with Gasteiger partial charge in [0.25, 0.3) is 0 Å². The third-order valence-electron chi connectivity index (χ3n) is 8.31. The highest BCUT2D eigenvalue weighted by molar-refractivity contribution is 5.88. The molecule has 0 aliphatic carbocycles. The molecule has 1 amide bonds. The molecule has 8 nitrogen and oxygen atoms in total. The van der Waals surface area contributed by atoms with E-state index in [1.807, 2.05) is 19.9 Å². The Kier molecular flexibility index (Phi) is 9.19. The van der Waals surface area contributed by atoms with Crippen LogP contribution in [0.3, 0.4) is 0 Å². The van der Waals surface area contributed by atoms with Gasteiger partial charge in [-0.3, -0.25) is 9.59 Å². The predicted octanol–water partition coefficient (Wildman–Crippen LogP) is 4.14. The summed E-state index contributed by atoms with van der Waals surface area (Å²) in [5, 5.41) is 25.2. The summed E-state index contributed by atoms with van der Waals surface area (Å²) >= 11 is 0. The van der Waals surface area contributed by atoms with E-state index in [-0.39, 0.29) is 41.8 Å². The number of carbonyl (C=O) groups is 2. The van der Waals surface area contributed by atoms with Crippen LogP contribution in [-0.2, 0) is 14.3 Å². The van der Waals surface area contributed by atoms with Crippen LogP contribution in [0.5, 0.6) is 0 Å². The number of fused-ring (bicyclic) bond motifs is 1. The normalized spacial score (nSPS) is 35.9. The van der Waals surface area contributed by atoms with Gasteiger partial charge in [-0.25, -0.2) is 4.98 Å². The third kappa shape index (κ3) is 6.98. The molecule has 1 aromatic heterocycles. The number of hydrogen-bond acceptors (Lipinski definition) is 7.